The zero-order valence-corrected chi connectivity index (χ0v) is 17.2. The molecule has 0 aromatic carbocycles. The van der Waals surface area contributed by atoms with E-state index in [1.54, 1.807) is 9.42 Å². The monoisotopic (exact) mass is 420 g/mol. The number of hydrogen-bond donors (Lipinski definition) is 3. The molecule has 0 atom stereocenters. The van der Waals surface area contributed by atoms with Gasteiger partial charge in [0.1, 0.15) is 5.52 Å². The summed E-state index contributed by atoms with van der Waals surface area (Å²) in [6.07, 6.45) is 5.99. The number of carbonyl (C=O) groups is 1. The predicted molar refractivity (Wildman–Crippen MR) is 119 cm³/mol. The fraction of sp³-hybridized carbons (Fsp3) is 0.250. The van der Waals surface area contributed by atoms with Crippen molar-refractivity contribution in [3.63, 3.8) is 0 Å². The lowest BCUT2D eigenvalue weighted by Gasteiger charge is -2.34. The molecule has 1 amide bonds. The quantitative estimate of drug-likeness (QED) is 0.403. The number of aryl methyl sites for hydroxylation is 1. The molecule has 3 aromatic heterocycles. The molecule has 0 unspecified atom stereocenters. The highest BCUT2D eigenvalue weighted by Gasteiger charge is 2.24. The number of carbonyl (C=O) groups excluding carboxylic acids is 1. The zero-order valence-electron chi connectivity index (χ0n) is 17.2. The summed E-state index contributed by atoms with van der Waals surface area (Å²) in [5.41, 5.74) is 7.36. The second-order valence-corrected chi connectivity index (χ2v) is 7.08. The summed E-state index contributed by atoms with van der Waals surface area (Å²) in [6.45, 7) is 8.00. The number of H-pyrrole nitrogens is 1. The van der Waals surface area contributed by atoms with Gasteiger partial charge in [-0.05, 0) is 19.1 Å². The molecule has 4 N–H and O–H groups in total. The van der Waals surface area contributed by atoms with Crippen molar-refractivity contribution in [2.75, 3.05) is 36.4 Å². The van der Waals surface area contributed by atoms with Crippen molar-refractivity contribution in [1.82, 2.24) is 29.7 Å². The van der Waals surface area contributed by atoms with Crippen molar-refractivity contribution in [3.8, 4) is 0 Å². The number of piperazine rings is 1. The molecule has 160 valence electrons. The van der Waals surface area contributed by atoms with Crippen LogP contribution in [-0.2, 0) is 4.79 Å². The van der Waals surface area contributed by atoms with Gasteiger partial charge in [0.2, 0.25) is 5.95 Å². The molecule has 1 saturated heterocycles. The van der Waals surface area contributed by atoms with E-state index in [0.29, 0.717) is 49.3 Å². The predicted octanol–water partition coefficient (Wildman–Crippen LogP) is 1.21. The van der Waals surface area contributed by atoms with Gasteiger partial charge in [0.15, 0.2) is 11.6 Å². The number of rotatable bonds is 6. The summed E-state index contributed by atoms with van der Waals surface area (Å²) in [5, 5.41) is 15.0. The van der Waals surface area contributed by atoms with E-state index in [-0.39, 0.29) is 5.91 Å². The number of aromatic amines is 1. The first-order valence-electron chi connectivity index (χ1n) is 9.82. The molecule has 0 radical (unpaired) electrons. The Kier molecular flexibility index (Phi) is 5.65. The maximum Gasteiger partial charge on any atom is 0.254 e. The van der Waals surface area contributed by atoms with Crippen LogP contribution in [0.1, 0.15) is 5.69 Å². The minimum Gasteiger partial charge on any atom is -0.403 e. The fourth-order valence-electron chi connectivity index (χ4n) is 3.30. The fourth-order valence-corrected chi connectivity index (χ4v) is 3.30. The van der Waals surface area contributed by atoms with Crippen molar-refractivity contribution in [1.29, 1.82) is 0 Å². The molecule has 1 aliphatic rings. The molecule has 4 rings (SSSR count). The van der Waals surface area contributed by atoms with Crippen molar-refractivity contribution < 1.29 is 4.79 Å². The maximum atomic E-state index is 12.5. The first kappa shape index (κ1) is 20.1. The normalized spacial score (nSPS) is 14.7. The number of anilines is 3. The summed E-state index contributed by atoms with van der Waals surface area (Å²) in [6, 6.07) is 5.76. The summed E-state index contributed by atoms with van der Waals surface area (Å²) in [5.74, 6) is 1.79. The van der Waals surface area contributed by atoms with Gasteiger partial charge in [-0.15, -0.1) is 5.10 Å². The second-order valence-electron chi connectivity index (χ2n) is 7.08. The van der Waals surface area contributed by atoms with E-state index in [1.807, 2.05) is 31.3 Å². The van der Waals surface area contributed by atoms with Crippen LogP contribution in [0.3, 0.4) is 0 Å². The van der Waals surface area contributed by atoms with E-state index >= 15 is 0 Å². The maximum absolute atomic E-state index is 12.5. The first-order valence-corrected chi connectivity index (χ1v) is 9.82. The van der Waals surface area contributed by atoms with Crippen molar-refractivity contribution in [2.24, 2.45) is 10.7 Å². The Morgan fingerprint density at radius 3 is 2.87 bits per heavy atom. The Morgan fingerprint density at radius 1 is 1.35 bits per heavy atom. The van der Waals surface area contributed by atoms with E-state index in [4.69, 9.17) is 10.7 Å². The minimum atomic E-state index is -0.146. The van der Waals surface area contributed by atoms with Gasteiger partial charge in [-0.1, -0.05) is 6.58 Å². The number of aromatic nitrogens is 5. The number of aliphatic imine (C=N–C) groups is 1. The number of nitrogens with two attached hydrogens (primary N) is 1. The van der Waals surface area contributed by atoms with Crippen LogP contribution >= 0.6 is 0 Å². The van der Waals surface area contributed by atoms with Crippen LogP contribution in [0.5, 0.6) is 0 Å². The Hall–Kier alpha value is -4.15. The summed E-state index contributed by atoms with van der Waals surface area (Å²) in [7, 11) is 0. The lowest BCUT2D eigenvalue weighted by molar-refractivity contribution is -0.126. The van der Waals surface area contributed by atoms with Gasteiger partial charge in [-0.2, -0.15) is 10.1 Å². The Balaban J connectivity index is 1.47. The third kappa shape index (κ3) is 4.39. The van der Waals surface area contributed by atoms with Crippen molar-refractivity contribution in [3.05, 3.63) is 54.6 Å². The molecule has 4 heterocycles. The molecular weight excluding hydrogens is 396 g/mol. The molecule has 0 spiro atoms. The van der Waals surface area contributed by atoms with Crippen LogP contribution in [0.2, 0.25) is 0 Å². The highest BCUT2D eigenvalue weighted by Crippen LogP contribution is 2.22. The highest BCUT2D eigenvalue weighted by molar-refractivity contribution is 6.11. The highest BCUT2D eigenvalue weighted by atomic mass is 16.2. The number of nitrogens with one attached hydrogen (secondary N) is 2. The zero-order chi connectivity index (χ0) is 21.8. The molecule has 1 aliphatic heterocycles. The topological polar surface area (TPSA) is 133 Å². The molecule has 0 aliphatic carbocycles. The molecule has 0 bridgehead atoms. The molecule has 11 heteroatoms. The summed E-state index contributed by atoms with van der Waals surface area (Å²) >= 11 is 0. The van der Waals surface area contributed by atoms with Crippen LogP contribution < -0.4 is 16.0 Å². The van der Waals surface area contributed by atoms with Crippen molar-refractivity contribution in [2.45, 2.75) is 6.92 Å². The number of fused-ring (bicyclic) bond motifs is 1. The molecule has 0 saturated carbocycles. The average molecular weight is 420 g/mol. The van der Waals surface area contributed by atoms with Gasteiger partial charge in [0, 0.05) is 62.8 Å². The van der Waals surface area contributed by atoms with Crippen LogP contribution in [-0.4, -0.2) is 68.0 Å². The van der Waals surface area contributed by atoms with Crippen LogP contribution in [0, 0.1) is 6.92 Å². The second kappa shape index (κ2) is 8.69. The van der Waals surface area contributed by atoms with Gasteiger partial charge >= 0.3 is 0 Å². The van der Waals surface area contributed by atoms with E-state index in [9.17, 15) is 4.79 Å². The van der Waals surface area contributed by atoms with Gasteiger partial charge in [0.05, 0.1) is 5.57 Å². The molecule has 3 aromatic rings. The first-order chi connectivity index (χ1) is 15.0. The van der Waals surface area contributed by atoms with E-state index in [0.717, 1.165) is 11.2 Å². The van der Waals surface area contributed by atoms with Crippen LogP contribution in [0.25, 0.3) is 5.52 Å². The summed E-state index contributed by atoms with van der Waals surface area (Å²) in [4.78, 5) is 25.0. The van der Waals surface area contributed by atoms with Gasteiger partial charge in [-0.3, -0.25) is 14.9 Å². The number of amides is 1. The third-order valence-electron chi connectivity index (χ3n) is 4.86. The standard InChI is InChI=1S/C20H24N10O/c1-14(13-22-6-5-21)19(31)28-8-10-29(11-9-28)20-24-18(16-4-3-7-30(16)27-20)23-17-12-15(2)25-26-17/h3-7,12-13H,1,8-11,21H2,2H3,(H2,23,24,25,26,27)/b6-5-,22-13-. The smallest absolute Gasteiger partial charge is 0.254 e. The van der Waals surface area contributed by atoms with E-state index < -0.39 is 0 Å². The molecule has 31 heavy (non-hydrogen) atoms. The van der Waals surface area contributed by atoms with Crippen molar-refractivity contribution >= 4 is 35.2 Å². The Bertz CT molecular complexity index is 1150. The van der Waals surface area contributed by atoms with E-state index in [1.165, 1.54) is 18.6 Å². The summed E-state index contributed by atoms with van der Waals surface area (Å²) < 4.78 is 1.78. The SMILES string of the molecule is C=C(/C=N\C=C/N)C(=O)N1CCN(c2nc(Nc3cc(C)[nH]n3)c3cccn3n2)CC1. The van der Waals surface area contributed by atoms with Gasteiger partial charge in [-0.25, -0.2) is 4.52 Å². The number of nitrogens with zero attached hydrogens (tertiary/aromatic N) is 7. The Labute approximate surface area is 179 Å². The molecule has 1 fully saturated rings. The van der Waals surface area contributed by atoms with Crippen LogP contribution in [0.4, 0.5) is 17.6 Å². The number of hydrogen-bond acceptors (Lipinski definition) is 8. The molecular formula is C20H24N10O. The van der Waals surface area contributed by atoms with Gasteiger partial charge < -0.3 is 20.9 Å². The van der Waals surface area contributed by atoms with Crippen LogP contribution in [0.15, 0.2) is 53.9 Å². The molecule has 11 nitrogen and oxygen atoms in total. The van der Waals surface area contributed by atoms with E-state index in [2.05, 4.69) is 37.1 Å². The Morgan fingerprint density at radius 2 is 2.16 bits per heavy atom. The lowest BCUT2D eigenvalue weighted by atomic mass is 10.2. The minimum absolute atomic E-state index is 0.146. The largest absolute Gasteiger partial charge is 0.403 e. The third-order valence-corrected chi connectivity index (χ3v) is 4.86. The lowest BCUT2D eigenvalue weighted by Crippen LogP contribution is -2.49. The average Bonchev–Trinajstić information content (AvgIpc) is 3.42. The van der Waals surface area contributed by atoms with Gasteiger partial charge in [0.25, 0.3) is 5.91 Å².